The second kappa shape index (κ2) is 6.14. The third-order valence-corrected chi connectivity index (χ3v) is 4.70. The highest BCUT2D eigenvalue weighted by Gasteiger charge is 2.21. The Balaban J connectivity index is 2.20. The van der Waals surface area contributed by atoms with E-state index < -0.39 is 11.8 Å². The number of thiazole rings is 1. The van der Waals surface area contributed by atoms with Crippen LogP contribution < -0.4 is 5.32 Å². The van der Waals surface area contributed by atoms with Crippen LogP contribution in [-0.2, 0) is 4.74 Å². The van der Waals surface area contributed by atoms with Crippen molar-refractivity contribution in [3.05, 3.63) is 51.7 Å². The van der Waals surface area contributed by atoms with Gasteiger partial charge in [0.15, 0.2) is 5.82 Å². The molecule has 7 heteroatoms. The van der Waals surface area contributed by atoms with Crippen LogP contribution in [0.3, 0.4) is 0 Å². The lowest BCUT2D eigenvalue weighted by molar-refractivity contribution is 0.0601. The topological polar surface area (TPSA) is 51.2 Å². The van der Waals surface area contributed by atoms with Gasteiger partial charge in [-0.15, -0.1) is 11.3 Å². The van der Waals surface area contributed by atoms with Gasteiger partial charge in [0.2, 0.25) is 0 Å². The average Bonchev–Trinajstić information content (AvgIpc) is 3.02. The molecule has 1 N–H and O–H groups in total. The number of fused-ring (bicyclic) bond motifs is 1. The molecule has 1 heterocycles. The van der Waals surface area contributed by atoms with E-state index in [0.717, 1.165) is 5.56 Å². The van der Waals surface area contributed by atoms with E-state index in [2.05, 4.69) is 10.3 Å². The number of carbonyl (C=O) groups is 1. The van der Waals surface area contributed by atoms with E-state index in [1.807, 2.05) is 13.0 Å². The summed E-state index contributed by atoms with van der Waals surface area (Å²) < 4.78 is 20.1. The normalized spacial score (nSPS) is 10.8. The summed E-state index contributed by atoms with van der Waals surface area (Å²) in [6.45, 7) is 1.84. The second-order valence-corrected chi connectivity index (χ2v) is 6.13. The summed E-state index contributed by atoms with van der Waals surface area (Å²) in [5.41, 5.74) is 3.17. The predicted molar refractivity (Wildman–Crippen MR) is 90.4 cm³/mol. The number of hydrogen-bond acceptors (Lipinski definition) is 5. The standard InChI is InChI=1S/C16H12ClFN2O2S/c1-8-4-3-5-10(12(8)17)20-14-9(16(21)22-2)6-11-15(13(14)18)19-7-23-11/h3-7,20H,1-2H3. The van der Waals surface area contributed by atoms with Gasteiger partial charge in [-0.05, 0) is 24.6 Å². The number of halogens is 2. The number of ether oxygens (including phenoxy) is 1. The molecule has 0 aliphatic carbocycles. The highest BCUT2D eigenvalue weighted by atomic mass is 35.5. The molecule has 3 aromatic rings. The summed E-state index contributed by atoms with van der Waals surface area (Å²) in [6.07, 6.45) is 0. The van der Waals surface area contributed by atoms with E-state index in [1.165, 1.54) is 24.0 Å². The number of aromatic nitrogens is 1. The third-order valence-electron chi connectivity index (χ3n) is 3.42. The van der Waals surface area contributed by atoms with Gasteiger partial charge < -0.3 is 10.1 Å². The van der Waals surface area contributed by atoms with Gasteiger partial charge in [0.05, 0.1) is 39.3 Å². The molecule has 0 spiro atoms. The molecule has 0 aliphatic heterocycles. The molecule has 4 nitrogen and oxygen atoms in total. The first-order valence-electron chi connectivity index (χ1n) is 6.69. The number of carbonyl (C=O) groups excluding carboxylic acids is 1. The Morgan fingerprint density at radius 1 is 1.43 bits per heavy atom. The minimum Gasteiger partial charge on any atom is -0.465 e. The number of nitrogens with one attached hydrogen (secondary N) is 1. The van der Waals surface area contributed by atoms with E-state index in [0.29, 0.717) is 15.4 Å². The average molecular weight is 351 g/mol. The minimum atomic E-state index is -0.634. The van der Waals surface area contributed by atoms with Gasteiger partial charge in [-0.3, -0.25) is 0 Å². The van der Waals surface area contributed by atoms with Gasteiger partial charge in [-0.25, -0.2) is 14.2 Å². The van der Waals surface area contributed by atoms with Crippen LogP contribution >= 0.6 is 22.9 Å². The molecule has 0 saturated heterocycles. The van der Waals surface area contributed by atoms with Crippen molar-refractivity contribution in [1.82, 2.24) is 4.98 Å². The Morgan fingerprint density at radius 2 is 2.22 bits per heavy atom. The predicted octanol–water partition coefficient (Wildman–Crippen LogP) is 4.93. The molecular formula is C16H12ClFN2O2S. The summed E-state index contributed by atoms with van der Waals surface area (Å²) in [5.74, 6) is -1.24. The van der Waals surface area contributed by atoms with Crippen molar-refractivity contribution in [2.45, 2.75) is 6.92 Å². The molecule has 0 radical (unpaired) electrons. The molecule has 0 saturated carbocycles. The van der Waals surface area contributed by atoms with E-state index in [-0.39, 0.29) is 16.8 Å². The summed E-state index contributed by atoms with van der Waals surface area (Å²) >= 11 is 7.50. The second-order valence-electron chi connectivity index (χ2n) is 4.87. The molecule has 3 rings (SSSR count). The van der Waals surface area contributed by atoms with Crippen LogP contribution in [0.25, 0.3) is 10.2 Å². The van der Waals surface area contributed by atoms with E-state index in [9.17, 15) is 9.18 Å². The first-order chi connectivity index (χ1) is 11.0. The lowest BCUT2D eigenvalue weighted by Gasteiger charge is -2.14. The molecular weight excluding hydrogens is 339 g/mol. The summed E-state index contributed by atoms with van der Waals surface area (Å²) in [7, 11) is 1.25. The Morgan fingerprint density at radius 3 is 2.96 bits per heavy atom. The Kier molecular flexibility index (Phi) is 4.19. The molecule has 0 unspecified atom stereocenters. The first kappa shape index (κ1) is 15.7. The quantitative estimate of drug-likeness (QED) is 0.681. The maximum atomic E-state index is 14.8. The number of benzene rings is 2. The fourth-order valence-electron chi connectivity index (χ4n) is 2.23. The summed E-state index contributed by atoms with van der Waals surface area (Å²) in [4.78, 5) is 16.0. The van der Waals surface area contributed by atoms with Gasteiger partial charge in [0, 0.05) is 0 Å². The van der Waals surface area contributed by atoms with Gasteiger partial charge in [0.25, 0.3) is 0 Å². The first-order valence-corrected chi connectivity index (χ1v) is 7.95. The third kappa shape index (κ3) is 2.75. The van der Waals surface area contributed by atoms with Crippen LogP contribution in [0, 0.1) is 12.7 Å². The number of hydrogen-bond donors (Lipinski definition) is 1. The largest absolute Gasteiger partial charge is 0.465 e. The van der Waals surface area contributed by atoms with Crippen molar-refractivity contribution in [1.29, 1.82) is 0 Å². The molecule has 1 aromatic heterocycles. The highest BCUT2D eigenvalue weighted by Crippen LogP contribution is 2.35. The highest BCUT2D eigenvalue weighted by molar-refractivity contribution is 7.16. The lowest BCUT2D eigenvalue weighted by atomic mass is 10.1. The zero-order valence-corrected chi connectivity index (χ0v) is 13.9. The fourth-order valence-corrected chi connectivity index (χ4v) is 3.12. The molecule has 2 aromatic carbocycles. The number of nitrogens with zero attached hydrogens (tertiary/aromatic N) is 1. The number of rotatable bonds is 3. The monoisotopic (exact) mass is 350 g/mol. The summed E-state index contributed by atoms with van der Waals surface area (Å²) in [6, 6.07) is 6.91. The van der Waals surface area contributed by atoms with Gasteiger partial charge >= 0.3 is 5.97 Å². The SMILES string of the molecule is COC(=O)c1cc2scnc2c(F)c1Nc1cccc(C)c1Cl. The Hall–Kier alpha value is -2.18. The fraction of sp³-hybridized carbons (Fsp3) is 0.125. The Bertz CT molecular complexity index is 910. The van der Waals surface area contributed by atoms with Gasteiger partial charge in [-0.2, -0.15) is 0 Å². The van der Waals surface area contributed by atoms with Crippen LogP contribution in [0.15, 0.2) is 29.8 Å². The molecule has 0 aliphatic rings. The zero-order chi connectivity index (χ0) is 16.6. The molecule has 0 amide bonds. The van der Waals surface area contributed by atoms with E-state index in [1.54, 1.807) is 18.2 Å². The molecule has 0 fully saturated rings. The Labute approximate surface area is 140 Å². The summed E-state index contributed by atoms with van der Waals surface area (Å²) in [5, 5.41) is 3.36. The number of esters is 1. The maximum Gasteiger partial charge on any atom is 0.340 e. The smallest absolute Gasteiger partial charge is 0.340 e. The lowest BCUT2D eigenvalue weighted by Crippen LogP contribution is -2.08. The molecule has 118 valence electrons. The molecule has 0 bridgehead atoms. The van der Waals surface area contributed by atoms with Gasteiger partial charge in [0.1, 0.15) is 5.52 Å². The van der Waals surface area contributed by atoms with Crippen molar-refractivity contribution >= 4 is 50.5 Å². The molecule has 0 atom stereocenters. The molecule has 23 heavy (non-hydrogen) atoms. The van der Waals surface area contributed by atoms with Crippen molar-refractivity contribution < 1.29 is 13.9 Å². The van der Waals surface area contributed by atoms with Crippen LogP contribution in [-0.4, -0.2) is 18.1 Å². The van der Waals surface area contributed by atoms with Crippen LogP contribution in [0.4, 0.5) is 15.8 Å². The minimum absolute atomic E-state index is 0.00255. The van der Waals surface area contributed by atoms with E-state index in [4.69, 9.17) is 16.3 Å². The van der Waals surface area contributed by atoms with Gasteiger partial charge in [-0.1, -0.05) is 23.7 Å². The van der Waals surface area contributed by atoms with Crippen LogP contribution in [0.5, 0.6) is 0 Å². The van der Waals surface area contributed by atoms with Crippen molar-refractivity contribution in [3.63, 3.8) is 0 Å². The number of aryl methyl sites for hydroxylation is 1. The van der Waals surface area contributed by atoms with Crippen LogP contribution in [0.1, 0.15) is 15.9 Å². The maximum absolute atomic E-state index is 14.8. The number of anilines is 2. The number of methoxy groups -OCH3 is 1. The van der Waals surface area contributed by atoms with Crippen molar-refractivity contribution in [2.75, 3.05) is 12.4 Å². The van der Waals surface area contributed by atoms with Crippen LogP contribution in [0.2, 0.25) is 5.02 Å². The zero-order valence-electron chi connectivity index (χ0n) is 12.3. The van der Waals surface area contributed by atoms with Crippen molar-refractivity contribution in [3.8, 4) is 0 Å². The van der Waals surface area contributed by atoms with Crippen molar-refractivity contribution in [2.24, 2.45) is 0 Å². The van der Waals surface area contributed by atoms with E-state index >= 15 is 0 Å².